The number of aryl methyl sites for hydroxylation is 1. The number of carbonyl (C=O) groups is 1. The molecule has 1 fully saturated rings. The molecule has 3 rings (SSSR count). The Morgan fingerprint density at radius 1 is 1.50 bits per heavy atom. The topological polar surface area (TPSA) is 61.4 Å². The van der Waals surface area contributed by atoms with E-state index in [1.807, 2.05) is 13.0 Å². The number of nitrogens with one attached hydrogen (secondary N) is 2. The van der Waals surface area contributed by atoms with E-state index >= 15 is 0 Å². The van der Waals surface area contributed by atoms with Crippen LogP contribution in [0.2, 0.25) is 5.02 Å². The molecule has 2 aromatic rings. The quantitative estimate of drug-likeness (QED) is 0.693. The fraction of sp³-hybridized carbons (Fsp3) is 0.312. The Bertz CT molecular complexity index is 860. The molecule has 26 heavy (non-hydrogen) atoms. The van der Waals surface area contributed by atoms with E-state index in [0.29, 0.717) is 12.1 Å². The monoisotopic (exact) mass is 479 g/mol. The molecule has 1 aromatic heterocycles. The van der Waals surface area contributed by atoms with E-state index in [1.165, 1.54) is 22.5 Å². The average molecular weight is 481 g/mol. The van der Waals surface area contributed by atoms with Crippen LogP contribution in [0.5, 0.6) is 0 Å². The molecule has 140 valence electrons. The summed E-state index contributed by atoms with van der Waals surface area (Å²) >= 11 is 9.30. The SMILES string of the molecule is Cc1cc(C2CC(C(=O)Nc3ccc(F)c(Cl)c3)N(C)S(=O)N2)sc1Br. The van der Waals surface area contributed by atoms with Crippen molar-refractivity contribution in [1.29, 1.82) is 0 Å². The molecule has 2 N–H and O–H groups in total. The maximum Gasteiger partial charge on any atom is 0.242 e. The van der Waals surface area contributed by atoms with E-state index < -0.39 is 23.0 Å². The summed E-state index contributed by atoms with van der Waals surface area (Å²) in [7, 11) is 1.62. The number of benzene rings is 1. The lowest BCUT2D eigenvalue weighted by Gasteiger charge is -2.35. The van der Waals surface area contributed by atoms with Crippen LogP contribution in [0, 0.1) is 12.7 Å². The number of thiophene rings is 1. The lowest BCUT2D eigenvalue weighted by molar-refractivity contribution is -0.120. The number of nitrogens with zero attached hydrogens (tertiary/aromatic N) is 1. The van der Waals surface area contributed by atoms with Gasteiger partial charge in [0.1, 0.15) is 11.9 Å². The summed E-state index contributed by atoms with van der Waals surface area (Å²) < 4.78 is 31.2. The van der Waals surface area contributed by atoms with Gasteiger partial charge in [0.05, 0.1) is 14.9 Å². The zero-order valence-electron chi connectivity index (χ0n) is 13.9. The van der Waals surface area contributed by atoms with Crippen LogP contribution in [0.15, 0.2) is 28.1 Å². The van der Waals surface area contributed by atoms with Crippen LogP contribution >= 0.6 is 38.9 Å². The summed E-state index contributed by atoms with van der Waals surface area (Å²) in [5.41, 5.74) is 1.49. The largest absolute Gasteiger partial charge is 0.325 e. The molecule has 5 nitrogen and oxygen atoms in total. The zero-order valence-corrected chi connectivity index (χ0v) is 17.9. The van der Waals surface area contributed by atoms with Gasteiger partial charge >= 0.3 is 0 Å². The maximum atomic E-state index is 13.3. The Hall–Kier alpha value is -0.840. The van der Waals surface area contributed by atoms with E-state index in [2.05, 4.69) is 26.0 Å². The number of hydrogen-bond donors (Lipinski definition) is 2. The highest BCUT2D eigenvalue weighted by atomic mass is 79.9. The van der Waals surface area contributed by atoms with Crippen molar-refractivity contribution in [2.24, 2.45) is 0 Å². The third-order valence-corrected chi connectivity index (χ3v) is 7.92. The van der Waals surface area contributed by atoms with E-state index in [4.69, 9.17) is 11.6 Å². The Balaban J connectivity index is 1.78. The molecule has 1 aliphatic rings. The van der Waals surface area contributed by atoms with Gasteiger partial charge in [0.15, 0.2) is 11.2 Å². The highest BCUT2D eigenvalue weighted by molar-refractivity contribution is 9.11. The standard InChI is InChI=1S/C16H16BrClFN3O2S2/c1-8-5-14(25-15(8)17)12-7-13(22(2)26(24)21-12)16(23)20-9-3-4-11(19)10(18)6-9/h3-6,12-13,21H,7H2,1-2H3,(H,20,23). The summed E-state index contributed by atoms with van der Waals surface area (Å²) in [6, 6.07) is 5.20. The number of amides is 1. The predicted octanol–water partition coefficient (Wildman–Crippen LogP) is 4.16. The molecule has 0 radical (unpaired) electrons. The van der Waals surface area contributed by atoms with E-state index in [1.54, 1.807) is 18.4 Å². The van der Waals surface area contributed by atoms with Crippen molar-refractivity contribution in [3.63, 3.8) is 0 Å². The van der Waals surface area contributed by atoms with Crippen LogP contribution in [-0.4, -0.2) is 27.5 Å². The van der Waals surface area contributed by atoms with Crippen LogP contribution < -0.4 is 10.0 Å². The highest BCUT2D eigenvalue weighted by Crippen LogP contribution is 2.36. The van der Waals surface area contributed by atoms with Crippen LogP contribution in [0.1, 0.15) is 22.9 Å². The summed E-state index contributed by atoms with van der Waals surface area (Å²) in [4.78, 5) is 13.7. The first kappa shape index (κ1) is 19.9. The van der Waals surface area contributed by atoms with E-state index in [0.717, 1.165) is 14.2 Å². The normalized spacial score (nSPS) is 23.8. The lowest BCUT2D eigenvalue weighted by atomic mass is 10.0. The third-order valence-electron chi connectivity index (χ3n) is 4.11. The minimum Gasteiger partial charge on any atom is -0.325 e. The Kier molecular flexibility index (Phi) is 6.15. The molecular weight excluding hydrogens is 465 g/mol. The van der Waals surface area contributed by atoms with Gasteiger partial charge in [-0.1, -0.05) is 11.6 Å². The van der Waals surface area contributed by atoms with Crippen LogP contribution in [0.25, 0.3) is 0 Å². The summed E-state index contributed by atoms with van der Waals surface area (Å²) in [6.45, 7) is 1.98. The van der Waals surface area contributed by atoms with E-state index in [-0.39, 0.29) is 17.0 Å². The number of likely N-dealkylation sites (N-methyl/N-ethyl adjacent to an activating group) is 1. The molecule has 1 saturated heterocycles. The lowest BCUT2D eigenvalue weighted by Crippen LogP contribution is -2.52. The second-order valence-electron chi connectivity index (χ2n) is 5.94. The van der Waals surface area contributed by atoms with Crippen molar-refractivity contribution in [1.82, 2.24) is 9.03 Å². The van der Waals surface area contributed by atoms with Crippen LogP contribution in [0.4, 0.5) is 10.1 Å². The molecule has 0 spiro atoms. The summed E-state index contributed by atoms with van der Waals surface area (Å²) in [5.74, 6) is -0.870. The average Bonchev–Trinajstić information content (AvgIpc) is 2.92. The molecular formula is C16H16BrClFN3O2S2. The fourth-order valence-corrected chi connectivity index (χ4v) is 5.58. The van der Waals surface area contributed by atoms with Crippen molar-refractivity contribution in [3.05, 3.63) is 49.3 Å². The zero-order chi connectivity index (χ0) is 19.0. The van der Waals surface area contributed by atoms with Crippen LogP contribution in [-0.2, 0) is 16.0 Å². The molecule has 0 saturated carbocycles. The van der Waals surface area contributed by atoms with Crippen molar-refractivity contribution in [2.45, 2.75) is 25.4 Å². The summed E-state index contributed by atoms with van der Waals surface area (Å²) in [5, 5.41) is 2.65. The minimum absolute atomic E-state index is 0.0678. The minimum atomic E-state index is -1.50. The molecule has 1 amide bonds. The maximum absolute atomic E-state index is 13.3. The number of anilines is 1. The van der Waals surface area contributed by atoms with Gasteiger partial charge in [-0.25, -0.2) is 17.6 Å². The van der Waals surface area contributed by atoms with Crippen molar-refractivity contribution >= 4 is 61.6 Å². The Morgan fingerprint density at radius 3 is 2.85 bits per heavy atom. The van der Waals surface area contributed by atoms with Gasteiger partial charge in [-0.15, -0.1) is 11.3 Å². The van der Waals surface area contributed by atoms with Crippen molar-refractivity contribution in [2.75, 3.05) is 12.4 Å². The van der Waals surface area contributed by atoms with Gasteiger partial charge in [0.2, 0.25) is 5.91 Å². The van der Waals surface area contributed by atoms with Gasteiger partial charge in [0.25, 0.3) is 0 Å². The first-order valence-electron chi connectivity index (χ1n) is 7.69. The van der Waals surface area contributed by atoms with Gasteiger partial charge < -0.3 is 5.32 Å². The molecule has 1 aromatic carbocycles. The summed E-state index contributed by atoms with van der Waals surface area (Å²) in [6.07, 6.45) is 0.454. The molecule has 1 aliphatic heterocycles. The second kappa shape index (κ2) is 8.04. The third kappa shape index (κ3) is 4.18. The molecule has 3 atom stereocenters. The van der Waals surface area contributed by atoms with Gasteiger partial charge in [-0.2, -0.15) is 0 Å². The first-order valence-corrected chi connectivity index (χ1v) is 10.8. The molecule has 2 heterocycles. The van der Waals surface area contributed by atoms with Crippen molar-refractivity contribution in [3.8, 4) is 0 Å². The van der Waals surface area contributed by atoms with E-state index in [9.17, 15) is 13.4 Å². The van der Waals surface area contributed by atoms with Gasteiger partial charge in [-0.05, 0) is 59.1 Å². The van der Waals surface area contributed by atoms with Crippen LogP contribution in [0.3, 0.4) is 0 Å². The van der Waals surface area contributed by atoms with Crippen molar-refractivity contribution < 1.29 is 13.4 Å². The number of rotatable bonds is 3. The fourth-order valence-electron chi connectivity index (χ4n) is 2.64. The smallest absolute Gasteiger partial charge is 0.242 e. The Morgan fingerprint density at radius 2 is 2.23 bits per heavy atom. The Labute approximate surface area is 170 Å². The first-order chi connectivity index (χ1) is 12.3. The van der Waals surface area contributed by atoms with Gasteiger partial charge in [-0.3, -0.25) is 4.79 Å². The number of carbonyl (C=O) groups excluding carboxylic acids is 1. The van der Waals surface area contributed by atoms with Gasteiger partial charge in [0, 0.05) is 17.6 Å². The molecule has 0 aliphatic carbocycles. The molecule has 0 bridgehead atoms. The predicted molar refractivity (Wildman–Crippen MR) is 107 cm³/mol. The number of halogens is 3. The second-order valence-corrected chi connectivity index (χ2v) is 10.1. The number of hydrogen-bond acceptors (Lipinski definition) is 3. The molecule has 3 unspecified atom stereocenters. The highest BCUT2D eigenvalue weighted by Gasteiger charge is 2.37. The molecule has 10 heteroatoms.